The Labute approximate surface area is 99.9 Å². The Balaban J connectivity index is 2.25. The highest BCUT2D eigenvalue weighted by Gasteiger charge is 2.26. The number of nitrogens with zero attached hydrogens (tertiary/aromatic N) is 2. The summed E-state index contributed by atoms with van der Waals surface area (Å²) in [7, 11) is 0. The fourth-order valence-corrected chi connectivity index (χ4v) is 1.55. The van der Waals surface area contributed by atoms with Crippen molar-refractivity contribution in [1.82, 2.24) is 4.90 Å². The van der Waals surface area contributed by atoms with Gasteiger partial charge in [-0.25, -0.2) is 0 Å². The average Bonchev–Trinajstić information content (AvgIpc) is 2.45. The molecule has 1 heterocycles. The molecule has 0 spiro atoms. The summed E-state index contributed by atoms with van der Waals surface area (Å²) in [6.07, 6.45) is 1.95. The van der Waals surface area contributed by atoms with E-state index >= 15 is 0 Å². The minimum absolute atomic E-state index is 0.0353. The van der Waals surface area contributed by atoms with Gasteiger partial charge in [-0.15, -0.1) is 0 Å². The lowest BCUT2D eigenvalue weighted by Gasteiger charge is -2.30. The molecule has 0 saturated heterocycles. The quantitative estimate of drug-likeness (QED) is 0.719. The molecule has 3 heteroatoms. The van der Waals surface area contributed by atoms with Crippen molar-refractivity contribution >= 4 is 6.34 Å². The average molecular weight is 226 g/mol. The summed E-state index contributed by atoms with van der Waals surface area (Å²) in [5.41, 5.74) is 0.0416. The van der Waals surface area contributed by atoms with E-state index in [2.05, 4.69) is 51.4 Å². The van der Waals surface area contributed by atoms with Crippen molar-refractivity contribution in [1.29, 1.82) is 0 Å². The van der Waals surface area contributed by atoms with Gasteiger partial charge >= 0.3 is 0 Å². The van der Waals surface area contributed by atoms with E-state index in [0.29, 0.717) is 5.92 Å². The van der Waals surface area contributed by atoms with Crippen LogP contribution in [0.3, 0.4) is 0 Å². The maximum Gasteiger partial charge on any atom is 0.0858 e. The van der Waals surface area contributed by atoms with Crippen LogP contribution in [0, 0.1) is 5.92 Å². The summed E-state index contributed by atoms with van der Waals surface area (Å²) in [5, 5.41) is 0. The molecule has 0 bridgehead atoms. The lowest BCUT2D eigenvalue weighted by molar-refractivity contribution is -0.0528. The smallest absolute Gasteiger partial charge is 0.0858 e. The molecule has 1 rings (SSSR count). The van der Waals surface area contributed by atoms with Crippen LogP contribution in [0.2, 0.25) is 0 Å². The summed E-state index contributed by atoms with van der Waals surface area (Å²) >= 11 is 0. The van der Waals surface area contributed by atoms with Gasteiger partial charge in [0.05, 0.1) is 24.1 Å². The Morgan fingerprint density at radius 3 is 2.50 bits per heavy atom. The van der Waals surface area contributed by atoms with Crippen LogP contribution in [-0.4, -0.2) is 42.1 Å². The third-order valence-electron chi connectivity index (χ3n) is 3.40. The molecule has 3 nitrogen and oxygen atoms in total. The Bertz CT molecular complexity index is 257. The summed E-state index contributed by atoms with van der Waals surface area (Å²) in [5.74, 6) is 0.538. The molecule has 0 aliphatic carbocycles. The first kappa shape index (κ1) is 13.5. The SMILES string of the molecule is CC(C)C(C)(C)OCCN1C=NC(C)(C)C1. The first-order valence-electron chi connectivity index (χ1n) is 6.16. The van der Waals surface area contributed by atoms with Gasteiger partial charge in [0, 0.05) is 13.1 Å². The van der Waals surface area contributed by atoms with Crippen molar-refractivity contribution in [2.45, 2.75) is 52.7 Å². The number of aliphatic imine (C=N–C) groups is 1. The van der Waals surface area contributed by atoms with Crippen LogP contribution in [0.25, 0.3) is 0 Å². The van der Waals surface area contributed by atoms with Gasteiger partial charge in [-0.2, -0.15) is 0 Å². The van der Waals surface area contributed by atoms with E-state index < -0.39 is 0 Å². The van der Waals surface area contributed by atoms with Crippen LogP contribution in [0.15, 0.2) is 4.99 Å². The van der Waals surface area contributed by atoms with Gasteiger partial charge in [0.25, 0.3) is 0 Å². The van der Waals surface area contributed by atoms with E-state index in [-0.39, 0.29) is 11.1 Å². The highest BCUT2D eigenvalue weighted by atomic mass is 16.5. The van der Waals surface area contributed by atoms with Gasteiger partial charge < -0.3 is 9.64 Å². The second-order valence-corrected chi connectivity index (χ2v) is 6.13. The minimum atomic E-state index is -0.0353. The van der Waals surface area contributed by atoms with Crippen LogP contribution in [-0.2, 0) is 4.74 Å². The predicted molar refractivity (Wildman–Crippen MR) is 69.0 cm³/mol. The normalized spacial score (nSPS) is 19.8. The molecular weight excluding hydrogens is 200 g/mol. The Morgan fingerprint density at radius 1 is 1.44 bits per heavy atom. The lowest BCUT2D eigenvalue weighted by Crippen LogP contribution is -2.36. The van der Waals surface area contributed by atoms with Gasteiger partial charge in [-0.1, -0.05) is 13.8 Å². The predicted octanol–water partition coefficient (Wildman–Crippen LogP) is 2.56. The molecule has 94 valence electrons. The zero-order chi connectivity index (χ0) is 12.4. The van der Waals surface area contributed by atoms with Gasteiger partial charge in [0.1, 0.15) is 0 Å². The second-order valence-electron chi connectivity index (χ2n) is 6.13. The van der Waals surface area contributed by atoms with E-state index in [0.717, 1.165) is 19.7 Å². The Kier molecular flexibility index (Phi) is 4.00. The number of hydrogen-bond donors (Lipinski definition) is 0. The Hall–Kier alpha value is -0.570. The molecule has 0 N–H and O–H groups in total. The van der Waals surface area contributed by atoms with Crippen molar-refractivity contribution in [3.63, 3.8) is 0 Å². The van der Waals surface area contributed by atoms with Crippen molar-refractivity contribution in [2.75, 3.05) is 19.7 Å². The fourth-order valence-electron chi connectivity index (χ4n) is 1.55. The number of hydrogen-bond acceptors (Lipinski definition) is 3. The molecule has 0 radical (unpaired) electrons. The maximum absolute atomic E-state index is 5.92. The number of ether oxygens (including phenoxy) is 1. The molecule has 0 fully saturated rings. The molecule has 1 aliphatic rings. The first-order valence-corrected chi connectivity index (χ1v) is 6.16. The molecule has 0 aromatic heterocycles. The van der Waals surface area contributed by atoms with E-state index in [1.165, 1.54) is 0 Å². The molecule has 16 heavy (non-hydrogen) atoms. The molecule has 0 aromatic rings. The van der Waals surface area contributed by atoms with Gasteiger partial charge in [0.2, 0.25) is 0 Å². The van der Waals surface area contributed by atoms with Crippen LogP contribution in [0.5, 0.6) is 0 Å². The van der Waals surface area contributed by atoms with E-state index in [1.54, 1.807) is 0 Å². The zero-order valence-corrected chi connectivity index (χ0v) is 11.6. The first-order chi connectivity index (χ1) is 7.23. The molecule has 0 aromatic carbocycles. The molecular formula is C13H26N2O. The molecule has 0 amide bonds. The topological polar surface area (TPSA) is 24.8 Å². The highest BCUT2D eigenvalue weighted by Crippen LogP contribution is 2.20. The van der Waals surface area contributed by atoms with Crippen molar-refractivity contribution in [3.8, 4) is 0 Å². The largest absolute Gasteiger partial charge is 0.373 e. The lowest BCUT2D eigenvalue weighted by atomic mass is 9.95. The van der Waals surface area contributed by atoms with Crippen LogP contribution in [0.4, 0.5) is 0 Å². The Morgan fingerprint density at radius 2 is 2.06 bits per heavy atom. The molecule has 0 atom stereocenters. The molecule has 0 saturated carbocycles. The molecule has 1 aliphatic heterocycles. The van der Waals surface area contributed by atoms with Crippen LogP contribution >= 0.6 is 0 Å². The van der Waals surface area contributed by atoms with Crippen LogP contribution < -0.4 is 0 Å². The van der Waals surface area contributed by atoms with E-state index in [9.17, 15) is 0 Å². The van der Waals surface area contributed by atoms with Gasteiger partial charge in [-0.3, -0.25) is 4.99 Å². The third kappa shape index (κ3) is 3.78. The van der Waals surface area contributed by atoms with Crippen molar-refractivity contribution < 1.29 is 4.74 Å². The second kappa shape index (κ2) is 4.74. The third-order valence-corrected chi connectivity index (χ3v) is 3.40. The van der Waals surface area contributed by atoms with Gasteiger partial charge in [0.15, 0.2) is 0 Å². The number of rotatable bonds is 5. The van der Waals surface area contributed by atoms with Crippen molar-refractivity contribution in [3.05, 3.63) is 0 Å². The highest BCUT2D eigenvalue weighted by molar-refractivity contribution is 5.58. The molecule has 0 unspecified atom stereocenters. The fraction of sp³-hybridized carbons (Fsp3) is 0.923. The van der Waals surface area contributed by atoms with E-state index in [1.807, 2.05) is 6.34 Å². The minimum Gasteiger partial charge on any atom is -0.373 e. The maximum atomic E-state index is 5.92. The summed E-state index contributed by atoms with van der Waals surface area (Å²) < 4.78 is 5.92. The summed E-state index contributed by atoms with van der Waals surface area (Å²) in [6.45, 7) is 15.7. The van der Waals surface area contributed by atoms with Gasteiger partial charge in [-0.05, 0) is 33.6 Å². The van der Waals surface area contributed by atoms with Crippen molar-refractivity contribution in [2.24, 2.45) is 10.9 Å². The zero-order valence-electron chi connectivity index (χ0n) is 11.6. The van der Waals surface area contributed by atoms with E-state index in [4.69, 9.17) is 4.74 Å². The summed E-state index contributed by atoms with van der Waals surface area (Å²) in [6, 6.07) is 0. The monoisotopic (exact) mass is 226 g/mol. The van der Waals surface area contributed by atoms with Crippen LogP contribution in [0.1, 0.15) is 41.5 Å². The standard InChI is InChI=1S/C13H26N2O/c1-11(2)13(5,6)16-8-7-15-9-12(3,4)14-10-15/h10-11H,7-9H2,1-6H3. The summed E-state index contributed by atoms with van der Waals surface area (Å²) in [4.78, 5) is 6.68.